The SMILES string of the molecule is COc1ccc(F)cc1C(O)C(O)CCN=[N+]=[N-]. The third-order valence-corrected chi connectivity index (χ3v) is 2.46. The number of rotatable bonds is 6. The molecule has 2 N–H and O–H groups in total. The molecule has 18 heavy (non-hydrogen) atoms. The van der Waals surface area contributed by atoms with E-state index in [2.05, 4.69) is 10.0 Å². The molecule has 7 heteroatoms. The standard InChI is InChI=1S/C11H14FN3O3/c1-18-10-3-2-7(12)6-8(10)11(17)9(16)4-5-14-15-13/h2-3,6,9,11,16-17H,4-5H2,1H3. The highest BCUT2D eigenvalue weighted by atomic mass is 19.1. The lowest BCUT2D eigenvalue weighted by Gasteiger charge is -2.19. The van der Waals surface area contributed by atoms with Crippen molar-refractivity contribution in [3.63, 3.8) is 0 Å². The molecular weight excluding hydrogens is 241 g/mol. The highest BCUT2D eigenvalue weighted by Gasteiger charge is 2.21. The summed E-state index contributed by atoms with van der Waals surface area (Å²) in [5.41, 5.74) is 8.26. The van der Waals surface area contributed by atoms with Crippen molar-refractivity contribution in [1.29, 1.82) is 0 Å². The Morgan fingerprint density at radius 3 is 2.83 bits per heavy atom. The summed E-state index contributed by atoms with van der Waals surface area (Å²) in [7, 11) is 1.38. The summed E-state index contributed by atoms with van der Waals surface area (Å²) in [4.78, 5) is 2.54. The maximum absolute atomic E-state index is 13.1. The van der Waals surface area contributed by atoms with Crippen LogP contribution in [0.3, 0.4) is 0 Å². The van der Waals surface area contributed by atoms with Crippen LogP contribution < -0.4 is 4.74 Å². The molecule has 0 amide bonds. The lowest BCUT2D eigenvalue weighted by Crippen LogP contribution is -2.20. The molecule has 1 aromatic carbocycles. The van der Waals surface area contributed by atoms with Gasteiger partial charge in [0.1, 0.15) is 17.7 Å². The molecule has 0 spiro atoms. The topological polar surface area (TPSA) is 98.5 Å². The van der Waals surface area contributed by atoms with Gasteiger partial charge in [0.2, 0.25) is 0 Å². The van der Waals surface area contributed by atoms with Crippen molar-refractivity contribution < 1.29 is 19.3 Å². The van der Waals surface area contributed by atoms with Crippen LogP contribution in [0.2, 0.25) is 0 Å². The van der Waals surface area contributed by atoms with Gasteiger partial charge in [0.25, 0.3) is 0 Å². The quantitative estimate of drug-likeness (QED) is 0.461. The van der Waals surface area contributed by atoms with Crippen molar-refractivity contribution in [1.82, 2.24) is 0 Å². The second-order valence-electron chi connectivity index (χ2n) is 3.64. The minimum atomic E-state index is -1.30. The van der Waals surface area contributed by atoms with E-state index in [-0.39, 0.29) is 24.3 Å². The third kappa shape index (κ3) is 3.59. The lowest BCUT2D eigenvalue weighted by atomic mass is 10.0. The Labute approximate surface area is 103 Å². The third-order valence-electron chi connectivity index (χ3n) is 2.46. The van der Waals surface area contributed by atoms with Crippen molar-refractivity contribution >= 4 is 0 Å². The van der Waals surface area contributed by atoms with Crippen molar-refractivity contribution in [2.24, 2.45) is 5.11 Å². The summed E-state index contributed by atoms with van der Waals surface area (Å²) in [6, 6.07) is 3.66. The minimum absolute atomic E-state index is 0.0480. The molecular formula is C11H14FN3O3. The monoisotopic (exact) mass is 255 g/mol. The largest absolute Gasteiger partial charge is 0.496 e. The Morgan fingerprint density at radius 2 is 2.22 bits per heavy atom. The number of nitrogens with zero attached hydrogens (tertiary/aromatic N) is 3. The molecule has 0 heterocycles. The fourth-order valence-corrected chi connectivity index (χ4v) is 1.54. The predicted octanol–water partition coefficient (Wildman–Crippen LogP) is 1.93. The summed E-state index contributed by atoms with van der Waals surface area (Å²) in [6.07, 6.45) is -2.39. The number of ether oxygens (including phenoxy) is 1. The fraction of sp³-hybridized carbons (Fsp3) is 0.455. The van der Waals surface area contributed by atoms with Gasteiger partial charge in [-0.25, -0.2) is 4.39 Å². The van der Waals surface area contributed by atoms with E-state index in [4.69, 9.17) is 10.3 Å². The Bertz CT molecular complexity index is 449. The average Bonchev–Trinajstić information content (AvgIpc) is 2.38. The van der Waals surface area contributed by atoms with E-state index in [0.717, 1.165) is 6.07 Å². The smallest absolute Gasteiger partial charge is 0.124 e. The molecule has 1 rings (SSSR count). The van der Waals surface area contributed by atoms with E-state index in [1.807, 2.05) is 0 Å². The Hall–Kier alpha value is -1.82. The van der Waals surface area contributed by atoms with Crippen LogP contribution in [0, 0.1) is 5.82 Å². The van der Waals surface area contributed by atoms with Crippen LogP contribution in [-0.2, 0) is 0 Å². The molecule has 6 nitrogen and oxygen atoms in total. The number of halogens is 1. The molecule has 2 atom stereocenters. The summed E-state index contributed by atoms with van der Waals surface area (Å²) in [5.74, 6) is -0.251. The van der Waals surface area contributed by atoms with E-state index < -0.39 is 18.0 Å². The second kappa shape index (κ2) is 6.80. The van der Waals surface area contributed by atoms with Gasteiger partial charge in [0.05, 0.1) is 13.2 Å². The van der Waals surface area contributed by atoms with Crippen LogP contribution in [0.15, 0.2) is 23.3 Å². The molecule has 0 aliphatic heterocycles. The van der Waals surface area contributed by atoms with Gasteiger partial charge in [-0.15, -0.1) is 0 Å². The van der Waals surface area contributed by atoms with Crippen LogP contribution in [0.1, 0.15) is 18.1 Å². The molecule has 1 aromatic rings. The summed E-state index contributed by atoms with van der Waals surface area (Å²) < 4.78 is 18.1. The molecule has 0 aliphatic rings. The van der Waals surface area contributed by atoms with Gasteiger partial charge >= 0.3 is 0 Å². The zero-order valence-electron chi connectivity index (χ0n) is 9.82. The number of hydrogen-bond acceptors (Lipinski definition) is 4. The van der Waals surface area contributed by atoms with Gasteiger partial charge < -0.3 is 14.9 Å². The molecule has 0 fully saturated rings. The molecule has 0 aromatic heterocycles. The first-order valence-corrected chi connectivity index (χ1v) is 5.30. The van der Waals surface area contributed by atoms with Gasteiger partial charge in [-0.05, 0) is 30.2 Å². The summed E-state index contributed by atoms with van der Waals surface area (Å²) >= 11 is 0. The second-order valence-corrected chi connectivity index (χ2v) is 3.64. The zero-order chi connectivity index (χ0) is 13.5. The van der Waals surface area contributed by atoms with E-state index in [9.17, 15) is 14.6 Å². The van der Waals surface area contributed by atoms with Crippen molar-refractivity contribution in [3.8, 4) is 5.75 Å². The van der Waals surface area contributed by atoms with Gasteiger partial charge in [0.15, 0.2) is 0 Å². The molecule has 0 aliphatic carbocycles. The maximum Gasteiger partial charge on any atom is 0.124 e. The van der Waals surface area contributed by atoms with Gasteiger partial charge in [-0.2, -0.15) is 0 Å². The number of aliphatic hydroxyl groups is 2. The van der Waals surface area contributed by atoms with Crippen molar-refractivity contribution in [2.75, 3.05) is 13.7 Å². The van der Waals surface area contributed by atoms with Gasteiger partial charge in [-0.1, -0.05) is 5.11 Å². The van der Waals surface area contributed by atoms with Crippen LogP contribution >= 0.6 is 0 Å². The van der Waals surface area contributed by atoms with E-state index >= 15 is 0 Å². The first-order chi connectivity index (χ1) is 8.60. The van der Waals surface area contributed by atoms with E-state index in [1.54, 1.807) is 0 Å². The first kappa shape index (κ1) is 14.2. The predicted molar refractivity (Wildman–Crippen MR) is 62.5 cm³/mol. The Balaban J connectivity index is 2.84. The Morgan fingerprint density at radius 1 is 1.50 bits per heavy atom. The molecule has 98 valence electrons. The van der Waals surface area contributed by atoms with E-state index in [1.165, 1.54) is 19.2 Å². The molecule has 0 saturated heterocycles. The van der Waals surface area contributed by atoms with Crippen molar-refractivity contribution in [3.05, 3.63) is 40.0 Å². The lowest BCUT2D eigenvalue weighted by molar-refractivity contribution is 0.0135. The van der Waals surface area contributed by atoms with Gasteiger partial charge in [-0.3, -0.25) is 0 Å². The van der Waals surface area contributed by atoms with Gasteiger partial charge in [0, 0.05) is 17.0 Å². The summed E-state index contributed by atoms with van der Waals surface area (Å²) in [6.45, 7) is 0.0480. The molecule has 0 saturated carbocycles. The van der Waals surface area contributed by atoms with Crippen LogP contribution in [0.5, 0.6) is 5.75 Å². The highest BCUT2D eigenvalue weighted by molar-refractivity contribution is 5.36. The first-order valence-electron chi connectivity index (χ1n) is 5.30. The maximum atomic E-state index is 13.1. The number of azide groups is 1. The molecule has 0 radical (unpaired) electrons. The fourth-order valence-electron chi connectivity index (χ4n) is 1.54. The number of benzene rings is 1. The van der Waals surface area contributed by atoms with Crippen LogP contribution in [-0.4, -0.2) is 30.0 Å². The van der Waals surface area contributed by atoms with E-state index in [0.29, 0.717) is 0 Å². The van der Waals surface area contributed by atoms with Crippen LogP contribution in [0.25, 0.3) is 10.4 Å². The minimum Gasteiger partial charge on any atom is -0.496 e. The Kier molecular flexibility index (Phi) is 5.38. The average molecular weight is 255 g/mol. The number of aliphatic hydroxyl groups excluding tert-OH is 2. The number of hydrogen-bond donors (Lipinski definition) is 2. The van der Waals surface area contributed by atoms with Crippen molar-refractivity contribution in [2.45, 2.75) is 18.6 Å². The number of methoxy groups -OCH3 is 1. The summed E-state index contributed by atoms with van der Waals surface area (Å²) in [5, 5.41) is 22.8. The zero-order valence-corrected chi connectivity index (χ0v) is 9.82. The highest BCUT2D eigenvalue weighted by Crippen LogP contribution is 2.29. The normalized spacial score (nSPS) is 13.6. The van der Waals surface area contributed by atoms with Crippen LogP contribution in [0.4, 0.5) is 4.39 Å². The molecule has 0 bridgehead atoms. The molecule has 2 unspecified atom stereocenters.